The lowest BCUT2D eigenvalue weighted by Crippen LogP contribution is -2.41. The highest BCUT2D eigenvalue weighted by Gasteiger charge is 2.21. The SMILES string of the molecule is Nc1ccc(Oc2ccc(C(=O)N3CCOCC3)c(F)c2)cn1. The second-order valence-electron chi connectivity index (χ2n) is 5.07. The Kier molecular flexibility index (Phi) is 4.38. The quantitative estimate of drug-likeness (QED) is 0.937. The summed E-state index contributed by atoms with van der Waals surface area (Å²) in [6.07, 6.45) is 1.44. The lowest BCUT2D eigenvalue weighted by molar-refractivity contribution is 0.0300. The van der Waals surface area contributed by atoms with E-state index in [1.54, 1.807) is 23.1 Å². The fourth-order valence-electron chi connectivity index (χ4n) is 2.26. The van der Waals surface area contributed by atoms with Crippen LogP contribution in [0.5, 0.6) is 11.5 Å². The van der Waals surface area contributed by atoms with E-state index in [0.717, 1.165) is 0 Å². The molecule has 23 heavy (non-hydrogen) atoms. The fraction of sp³-hybridized carbons (Fsp3) is 0.250. The molecule has 2 heterocycles. The number of amides is 1. The monoisotopic (exact) mass is 317 g/mol. The number of nitrogen functional groups attached to an aromatic ring is 1. The van der Waals surface area contributed by atoms with Crippen LogP contribution in [0.1, 0.15) is 10.4 Å². The van der Waals surface area contributed by atoms with Crippen LogP contribution in [0.3, 0.4) is 0 Å². The van der Waals surface area contributed by atoms with Gasteiger partial charge in [0.1, 0.15) is 23.1 Å². The van der Waals surface area contributed by atoms with E-state index in [0.29, 0.717) is 37.9 Å². The Balaban J connectivity index is 1.74. The van der Waals surface area contributed by atoms with Gasteiger partial charge in [0.15, 0.2) is 0 Å². The number of ether oxygens (including phenoxy) is 2. The number of rotatable bonds is 3. The summed E-state index contributed by atoms with van der Waals surface area (Å²) in [7, 11) is 0. The van der Waals surface area contributed by atoms with Gasteiger partial charge in [0.05, 0.1) is 25.0 Å². The van der Waals surface area contributed by atoms with Crippen molar-refractivity contribution >= 4 is 11.7 Å². The van der Waals surface area contributed by atoms with Crippen molar-refractivity contribution in [1.82, 2.24) is 9.88 Å². The molecule has 1 aliphatic rings. The van der Waals surface area contributed by atoms with Gasteiger partial charge in [-0.2, -0.15) is 0 Å². The van der Waals surface area contributed by atoms with E-state index < -0.39 is 5.82 Å². The van der Waals surface area contributed by atoms with Gasteiger partial charge in [0.2, 0.25) is 0 Å². The van der Waals surface area contributed by atoms with Crippen molar-refractivity contribution in [2.75, 3.05) is 32.0 Å². The van der Waals surface area contributed by atoms with Crippen LogP contribution in [0.2, 0.25) is 0 Å². The minimum Gasteiger partial charge on any atom is -0.456 e. The predicted octanol–water partition coefficient (Wildman–Crippen LogP) is 2.07. The zero-order chi connectivity index (χ0) is 16.2. The first kappa shape index (κ1) is 15.2. The van der Waals surface area contributed by atoms with Crippen molar-refractivity contribution < 1.29 is 18.7 Å². The number of carbonyl (C=O) groups is 1. The van der Waals surface area contributed by atoms with E-state index in [4.69, 9.17) is 15.2 Å². The van der Waals surface area contributed by atoms with E-state index in [9.17, 15) is 9.18 Å². The molecule has 0 unspecified atom stereocenters. The molecule has 0 saturated carbocycles. The molecular weight excluding hydrogens is 301 g/mol. The zero-order valence-corrected chi connectivity index (χ0v) is 12.4. The van der Waals surface area contributed by atoms with Crippen LogP contribution in [0.15, 0.2) is 36.5 Å². The third kappa shape index (κ3) is 3.57. The summed E-state index contributed by atoms with van der Waals surface area (Å²) < 4.78 is 24.9. The molecule has 0 bridgehead atoms. The number of pyridine rings is 1. The molecule has 1 fully saturated rings. The average molecular weight is 317 g/mol. The van der Waals surface area contributed by atoms with E-state index in [2.05, 4.69) is 4.98 Å². The molecule has 0 aliphatic carbocycles. The molecule has 1 aromatic heterocycles. The van der Waals surface area contributed by atoms with Gasteiger partial charge >= 0.3 is 0 Å². The molecule has 1 saturated heterocycles. The highest BCUT2D eigenvalue weighted by Crippen LogP contribution is 2.24. The van der Waals surface area contributed by atoms with Crippen LogP contribution in [0.4, 0.5) is 10.2 Å². The Bertz CT molecular complexity index is 700. The summed E-state index contributed by atoms with van der Waals surface area (Å²) in [4.78, 5) is 17.8. The molecule has 1 amide bonds. The predicted molar refractivity (Wildman–Crippen MR) is 81.8 cm³/mol. The number of aromatic nitrogens is 1. The maximum atomic E-state index is 14.2. The summed E-state index contributed by atoms with van der Waals surface area (Å²) in [5.41, 5.74) is 5.51. The zero-order valence-electron chi connectivity index (χ0n) is 12.4. The molecule has 0 spiro atoms. The Labute approximate surface area is 132 Å². The molecule has 6 nitrogen and oxygen atoms in total. The van der Waals surface area contributed by atoms with E-state index in [-0.39, 0.29) is 17.2 Å². The number of nitrogens with two attached hydrogens (primary N) is 1. The summed E-state index contributed by atoms with van der Waals surface area (Å²) >= 11 is 0. The van der Waals surface area contributed by atoms with Crippen molar-refractivity contribution in [2.24, 2.45) is 0 Å². The van der Waals surface area contributed by atoms with Gasteiger partial charge < -0.3 is 20.1 Å². The van der Waals surface area contributed by atoms with Crippen LogP contribution < -0.4 is 10.5 Å². The second kappa shape index (κ2) is 6.62. The van der Waals surface area contributed by atoms with E-state index in [1.165, 1.54) is 18.3 Å². The van der Waals surface area contributed by atoms with Crippen LogP contribution in [0.25, 0.3) is 0 Å². The fourth-order valence-corrected chi connectivity index (χ4v) is 2.26. The van der Waals surface area contributed by atoms with Crippen molar-refractivity contribution in [3.8, 4) is 11.5 Å². The molecule has 1 aliphatic heterocycles. The second-order valence-corrected chi connectivity index (χ2v) is 5.07. The van der Waals surface area contributed by atoms with Gasteiger partial charge in [-0.25, -0.2) is 9.37 Å². The van der Waals surface area contributed by atoms with Crippen LogP contribution in [-0.4, -0.2) is 42.1 Å². The van der Waals surface area contributed by atoms with Gasteiger partial charge in [-0.15, -0.1) is 0 Å². The number of benzene rings is 1. The minimum absolute atomic E-state index is 0.0229. The summed E-state index contributed by atoms with van der Waals surface area (Å²) in [6.45, 7) is 1.87. The lowest BCUT2D eigenvalue weighted by atomic mass is 10.1. The molecule has 0 atom stereocenters. The molecule has 0 radical (unpaired) electrons. The first-order valence-electron chi connectivity index (χ1n) is 7.19. The smallest absolute Gasteiger partial charge is 0.256 e. The molecule has 2 N–H and O–H groups in total. The molecule has 2 aromatic rings. The Morgan fingerprint density at radius 1 is 1.22 bits per heavy atom. The Morgan fingerprint density at radius 2 is 1.96 bits per heavy atom. The Hall–Kier alpha value is -2.67. The number of hydrogen-bond acceptors (Lipinski definition) is 5. The Morgan fingerprint density at radius 3 is 2.61 bits per heavy atom. The van der Waals surface area contributed by atoms with Crippen LogP contribution >= 0.6 is 0 Å². The first-order valence-corrected chi connectivity index (χ1v) is 7.19. The molecule has 1 aromatic carbocycles. The maximum absolute atomic E-state index is 14.2. The highest BCUT2D eigenvalue weighted by molar-refractivity contribution is 5.94. The van der Waals surface area contributed by atoms with Crippen LogP contribution in [0, 0.1) is 5.82 Å². The van der Waals surface area contributed by atoms with E-state index >= 15 is 0 Å². The number of anilines is 1. The number of morpholine rings is 1. The third-order valence-corrected chi connectivity index (χ3v) is 3.46. The minimum atomic E-state index is -0.623. The molecule has 120 valence electrons. The topological polar surface area (TPSA) is 77.7 Å². The first-order chi connectivity index (χ1) is 11.1. The van der Waals surface area contributed by atoms with Crippen LogP contribution in [-0.2, 0) is 4.74 Å². The average Bonchev–Trinajstić information content (AvgIpc) is 2.57. The standard InChI is InChI=1S/C16H16FN3O3/c17-14-9-11(23-12-2-4-15(18)19-10-12)1-3-13(14)16(21)20-5-7-22-8-6-20/h1-4,9-10H,5-8H2,(H2,18,19). The molecule has 3 rings (SSSR count). The summed E-state index contributed by atoms with van der Waals surface area (Å²) in [5, 5.41) is 0. The van der Waals surface area contributed by atoms with Gasteiger partial charge in [-0.1, -0.05) is 0 Å². The third-order valence-electron chi connectivity index (χ3n) is 3.46. The van der Waals surface area contributed by atoms with Crippen molar-refractivity contribution in [1.29, 1.82) is 0 Å². The summed E-state index contributed by atoms with van der Waals surface area (Å²) in [6, 6.07) is 7.37. The lowest BCUT2D eigenvalue weighted by Gasteiger charge is -2.27. The van der Waals surface area contributed by atoms with Crippen molar-refractivity contribution in [3.05, 3.63) is 47.9 Å². The van der Waals surface area contributed by atoms with Gasteiger partial charge in [-0.05, 0) is 24.3 Å². The molecular formula is C16H16FN3O3. The van der Waals surface area contributed by atoms with Gasteiger partial charge in [-0.3, -0.25) is 4.79 Å². The summed E-state index contributed by atoms with van der Waals surface area (Å²) in [5.74, 6) is 0.127. The maximum Gasteiger partial charge on any atom is 0.256 e. The number of halogens is 1. The van der Waals surface area contributed by atoms with Crippen molar-refractivity contribution in [2.45, 2.75) is 0 Å². The van der Waals surface area contributed by atoms with Gasteiger partial charge in [0.25, 0.3) is 5.91 Å². The number of hydrogen-bond donors (Lipinski definition) is 1. The highest BCUT2D eigenvalue weighted by atomic mass is 19.1. The normalized spacial score (nSPS) is 14.6. The van der Waals surface area contributed by atoms with E-state index in [1.807, 2.05) is 0 Å². The van der Waals surface area contributed by atoms with Crippen molar-refractivity contribution in [3.63, 3.8) is 0 Å². The number of nitrogens with zero attached hydrogens (tertiary/aromatic N) is 2. The largest absolute Gasteiger partial charge is 0.456 e. The van der Waals surface area contributed by atoms with Gasteiger partial charge in [0, 0.05) is 19.2 Å². The molecule has 7 heteroatoms. The number of carbonyl (C=O) groups excluding carboxylic acids is 1.